The van der Waals surface area contributed by atoms with Gasteiger partial charge in [0.05, 0.1) is 19.3 Å². The van der Waals surface area contributed by atoms with Crippen molar-refractivity contribution in [3.8, 4) is 0 Å². The number of rotatable bonds is 7. The summed E-state index contributed by atoms with van der Waals surface area (Å²) in [7, 11) is 0. The van der Waals surface area contributed by atoms with Crippen LogP contribution in [0.1, 0.15) is 32.6 Å². The van der Waals surface area contributed by atoms with E-state index in [0.29, 0.717) is 45.4 Å². The topological polar surface area (TPSA) is 98.4 Å². The molecule has 138 valence electrons. The number of aliphatic imine (C=N–C) groups is 1. The number of nitrogens with zero attached hydrogens (tertiary/aromatic N) is 2. The molecule has 2 rings (SSSR count). The van der Waals surface area contributed by atoms with E-state index in [1.807, 2.05) is 6.92 Å². The lowest BCUT2D eigenvalue weighted by molar-refractivity contribution is 0.0424. The molecule has 2 aliphatic rings. The van der Waals surface area contributed by atoms with Crippen molar-refractivity contribution in [3.63, 3.8) is 0 Å². The SMILES string of the molecule is CCOC(=O)N1CCC(NC(N)=NCCCOC2CCOC2)CC1. The predicted octanol–water partition coefficient (Wildman–Crippen LogP) is 0.707. The van der Waals surface area contributed by atoms with Crippen molar-refractivity contribution in [2.45, 2.75) is 44.8 Å². The number of nitrogens with two attached hydrogens (primary N) is 1. The van der Waals surface area contributed by atoms with Crippen LogP contribution in [-0.4, -0.2) is 75.2 Å². The fourth-order valence-corrected chi connectivity index (χ4v) is 2.83. The summed E-state index contributed by atoms with van der Waals surface area (Å²) in [5.74, 6) is 0.466. The van der Waals surface area contributed by atoms with E-state index in [0.717, 1.165) is 32.3 Å². The Bertz CT molecular complexity index is 405. The maximum Gasteiger partial charge on any atom is 0.409 e. The van der Waals surface area contributed by atoms with Crippen LogP contribution < -0.4 is 11.1 Å². The predicted molar refractivity (Wildman–Crippen MR) is 91.0 cm³/mol. The monoisotopic (exact) mass is 342 g/mol. The molecule has 0 spiro atoms. The van der Waals surface area contributed by atoms with Crippen molar-refractivity contribution in [1.29, 1.82) is 0 Å². The molecule has 0 radical (unpaired) electrons. The second-order valence-corrected chi connectivity index (χ2v) is 6.08. The van der Waals surface area contributed by atoms with Crippen LogP contribution >= 0.6 is 0 Å². The third-order valence-electron chi connectivity index (χ3n) is 4.20. The Morgan fingerprint density at radius 3 is 2.83 bits per heavy atom. The smallest absolute Gasteiger partial charge is 0.409 e. The minimum absolute atomic E-state index is 0.231. The lowest BCUT2D eigenvalue weighted by Gasteiger charge is -2.31. The van der Waals surface area contributed by atoms with Gasteiger partial charge in [-0.15, -0.1) is 0 Å². The number of nitrogens with one attached hydrogen (secondary N) is 1. The lowest BCUT2D eigenvalue weighted by atomic mass is 10.1. The van der Waals surface area contributed by atoms with Gasteiger partial charge in [-0.25, -0.2) is 4.79 Å². The second-order valence-electron chi connectivity index (χ2n) is 6.08. The number of carbonyl (C=O) groups is 1. The molecule has 0 aromatic carbocycles. The van der Waals surface area contributed by atoms with Gasteiger partial charge < -0.3 is 30.2 Å². The Hall–Kier alpha value is -1.54. The molecule has 0 aromatic rings. The first-order valence-corrected chi connectivity index (χ1v) is 8.86. The molecular formula is C16H30N4O4. The van der Waals surface area contributed by atoms with E-state index in [1.165, 1.54) is 0 Å². The second kappa shape index (κ2) is 10.4. The first kappa shape index (κ1) is 18.8. The highest BCUT2D eigenvalue weighted by atomic mass is 16.6. The number of ether oxygens (including phenoxy) is 3. The Balaban J connectivity index is 1.55. The van der Waals surface area contributed by atoms with Gasteiger partial charge in [0.1, 0.15) is 0 Å². The van der Waals surface area contributed by atoms with E-state index >= 15 is 0 Å². The first-order valence-electron chi connectivity index (χ1n) is 8.86. The average Bonchev–Trinajstić information content (AvgIpc) is 3.09. The third kappa shape index (κ3) is 6.52. The van der Waals surface area contributed by atoms with Crippen molar-refractivity contribution in [1.82, 2.24) is 10.2 Å². The highest BCUT2D eigenvalue weighted by molar-refractivity contribution is 5.78. The van der Waals surface area contributed by atoms with Crippen LogP contribution in [0.4, 0.5) is 4.79 Å². The maximum absolute atomic E-state index is 11.6. The lowest BCUT2D eigenvalue weighted by Crippen LogP contribution is -2.48. The number of hydrogen-bond donors (Lipinski definition) is 2. The molecule has 1 atom stereocenters. The number of hydrogen-bond acceptors (Lipinski definition) is 5. The summed E-state index contributed by atoms with van der Waals surface area (Å²) in [5.41, 5.74) is 5.92. The number of carbonyl (C=O) groups excluding carboxylic acids is 1. The van der Waals surface area contributed by atoms with Crippen LogP contribution in [0, 0.1) is 0 Å². The van der Waals surface area contributed by atoms with E-state index < -0.39 is 0 Å². The molecule has 2 aliphatic heterocycles. The molecule has 24 heavy (non-hydrogen) atoms. The van der Waals surface area contributed by atoms with Gasteiger partial charge in [0.15, 0.2) is 5.96 Å². The molecule has 1 amide bonds. The van der Waals surface area contributed by atoms with E-state index in [4.69, 9.17) is 19.9 Å². The van der Waals surface area contributed by atoms with Gasteiger partial charge in [-0.05, 0) is 32.6 Å². The summed E-state index contributed by atoms with van der Waals surface area (Å²) in [6.07, 6.45) is 3.54. The number of guanidine groups is 1. The molecular weight excluding hydrogens is 312 g/mol. The van der Waals surface area contributed by atoms with Gasteiger partial charge in [-0.3, -0.25) is 4.99 Å². The Labute approximate surface area is 143 Å². The van der Waals surface area contributed by atoms with Crippen molar-refractivity contribution < 1.29 is 19.0 Å². The van der Waals surface area contributed by atoms with Gasteiger partial charge >= 0.3 is 6.09 Å². The van der Waals surface area contributed by atoms with Crippen molar-refractivity contribution >= 4 is 12.1 Å². The summed E-state index contributed by atoms with van der Waals surface area (Å²) < 4.78 is 16.0. The van der Waals surface area contributed by atoms with Crippen molar-refractivity contribution in [2.24, 2.45) is 10.7 Å². The number of amides is 1. The molecule has 0 aromatic heterocycles. The summed E-state index contributed by atoms with van der Waals surface area (Å²) >= 11 is 0. The summed E-state index contributed by atoms with van der Waals surface area (Å²) in [6.45, 7) is 6.43. The van der Waals surface area contributed by atoms with Crippen LogP contribution in [0.2, 0.25) is 0 Å². The molecule has 2 fully saturated rings. The van der Waals surface area contributed by atoms with Crippen LogP contribution in [0.3, 0.4) is 0 Å². The normalized spacial score (nSPS) is 22.6. The zero-order valence-electron chi connectivity index (χ0n) is 14.5. The quantitative estimate of drug-likeness (QED) is 0.402. The molecule has 3 N–H and O–H groups in total. The minimum atomic E-state index is -0.231. The molecule has 0 aliphatic carbocycles. The fourth-order valence-electron chi connectivity index (χ4n) is 2.83. The minimum Gasteiger partial charge on any atom is -0.450 e. The molecule has 8 heteroatoms. The standard InChI is InChI=1S/C16H30N4O4/c1-2-23-16(21)20-8-4-13(5-9-20)19-15(17)18-7-3-10-24-14-6-11-22-12-14/h13-14H,2-12H2,1H3,(H3,17,18,19). The Morgan fingerprint density at radius 1 is 1.38 bits per heavy atom. The third-order valence-corrected chi connectivity index (χ3v) is 4.20. The van der Waals surface area contributed by atoms with Gasteiger partial charge in [0.2, 0.25) is 0 Å². The number of likely N-dealkylation sites (tertiary alicyclic amines) is 1. The molecule has 0 saturated carbocycles. The molecule has 8 nitrogen and oxygen atoms in total. The van der Waals surface area contributed by atoms with Gasteiger partial charge in [-0.2, -0.15) is 0 Å². The van der Waals surface area contributed by atoms with Crippen molar-refractivity contribution in [3.05, 3.63) is 0 Å². The highest BCUT2D eigenvalue weighted by Gasteiger charge is 2.23. The first-order chi connectivity index (χ1) is 11.7. The molecule has 1 unspecified atom stereocenters. The maximum atomic E-state index is 11.6. The summed E-state index contributed by atoms with van der Waals surface area (Å²) in [6, 6.07) is 0.256. The largest absolute Gasteiger partial charge is 0.450 e. The summed E-state index contributed by atoms with van der Waals surface area (Å²) in [5, 5.41) is 3.23. The van der Waals surface area contributed by atoms with E-state index in [-0.39, 0.29) is 18.2 Å². The molecule has 0 bridgehead atoms. The van der Waals surface area contributed by atoms with Crippen LogP contribution in [-0.2, 0) is 14.2 Å². The van der Waals surface area contributed by atoms with E-state index in [1.54, 1.807) is 4.90 Å². The average molecular weight is 342 g/mol. The van der Waals surface area contributed by atoms with Crippen LogP contribution in [0.25, 0.3) is 0 Å². The Morgan fingerprint density at radius 2 is 2.17 bits per heavy atom. The van der Waals surface area contributed by atoms with Crippen molar-refractivity contribution in [2.75, 3.05) is 46.1 Å². The van der Waals surface area contributed by atoms with E-state index in [2.05, 4.69) is 10.3 Å². The zero-order chi connectivity index (χ0) is 17.2. The number of piperidine rings is 1. The molecule has 2 saturated heterocycles. The Kier molecular flexibility index (Phi) is 8.11. The molecule has 2 heterocycles. The van der Waals surface area contributed by atoms with Gasteiger partial charge in [0, 0.05) is 38.9 Å². The van der Waals surface area contributed by atoms with Crippen LogP contribution in [0.5, 0.6) is 0 Å². The summed E-state index contributed by atoms with van der Waals surface area (Å²) in [4.78, 5) is 17.7. The van der Waals surface area contributed by atoms with E-state index in [9.17, 15) is 4.79 Å². The zero-order valence-corrected chi connectivity index (χ0v) is 14.5. The van der Waals surface area contributed by atoms with Gasteiger partial charge in [-0.1, -0.05) is 0 Å². The van der Waals surface area contributed by atoms with Gasteiger partial charge in [0.25, 0.3) is 0 Å². The fraction of sp³-hybridized carbons (Fsp3) is 0.875. The highest BCUT2D eigenvalue weighted by Crippen LogP contribution is 2.11. The van der Waals surface area contributed by atoms with Crippen LogP contribution in [0.15, 0.2) is 4.99 Å².